The summed E-state index contributed by atoms with van der Waals surface area (Å²) in [5.74, 6) is -0.199. The second-order valence-electron chi connectivity index (χ2n) is 8.73. The van der Waals surface area contributed by atoms with Gasteiger partial charge in [-0.1, -0.05) is 6.92 Å². The fraction of sp³-hybridized carbons (Fsp3) is 0.545. The van der Waals surface area contributed by atoms with E-state index in [4.69, 9.17) is 4.42 Å². The molecular weight excluding hydrogens is 402 g/mol. The van der Waals surface area contributed by atoms with E-state index in [1.165, 1.54) is 25.8 Å². The molecule has 0 saturated carbocycles. The van der Waals surface area contributed by atoms with E-state index in [2.05, 4.69) is 11.8 Å². The molecule has 0 aliphatic carbocycles. The van der Waals surface area contributed by atoms with Crippen molar-refractivity contribution >= 4 is 22.6 Å². The van der Waals surface area contributed by atoms with Crippen LogP contribution in [-0.4, -0.2) is 58.0 Å². The van der Waals surface area contributed by atoms with Crippen LogP contribution in [0.4, 0.5) is 5.69 Å². The first-order valence-corrected chi connectivity index (χ1v) is 10.7. The lowest BCUT2D eigenvalue weighted by molar-refractivity contribution is -0.385. The standard InChI is InChI=1S/C22H27N3O6/c1-13-3-7-23(8-4-13)16-5-9-24(10-6-16)21(27)17-11-15-12-18(25(29)30)19(26)14(2)20(15)31-22(17)28/h11-13,16,26H,3-10H2,1-2H3. The number of phenols is 1. The Morgan fingerprint density at radius 2 is 1.81 bits per heavy atom. The minimum Gasteiger partial charge on any atom is -0.502 e. The summed E-state index contributed by atoms with van der Waals surface area (Å²) in [5, 5.41) is 21.4. The summed E-state index contributed by atoms with van der Waals surface area (Å²) in [4.78, 5) is 40.2. The first-order chi connectivity index (χ1) is 14.8. The number of aromatic hydroxyl groups is 1. The van der Waals surface area contributed by atoms with Gasteiger partial charge < -0.3 is 19.3 Å². The SMILES string of the molecule is Cc1c(O)c([N+](=O)[O-])cc2cc(C(=O)N3CCC(N4CCC(C)CC4)CC3)c(=O)oc12. The molecule has 9 nitrogen and oxygen atoms in total. The zero-order valence-electron chi connectivity index (χ0n) is 17.8. The van der Waals surface area contributed by atoms with Gasteiger partial charge in [0.05, 0.1) is 4.92 Å². The Labute approximate surface area is 179 Å². The third kappa shape index (κ3) is 4.01. The van der Waals surface area contributed by atoms with Crippen LogP contribution >= 0.6 is 0 Å². The number of benzene rings is 1. The number of hydrogen-bond acceptors (Lipinski definition) is 7. The molecule has 0 bridgehead atoms. The highest BCUT2D eigenvalue weighted by Gasteiger charge is 2.31. The minimum atomic E-state index is -0.805. The van der Waals surface area contributed by atoms with Gasteiger partial charge in [0.1, 0.15) is 11.1 Å². The van der Waals surface area contributed by atoms with Gasteiger partial charge in [0.15, 0.2) is 0 Å². The molecule has 1 aromatic heterocycles. The number of phenolic OH excluding ortho intramolecular Hbond substituents is 1. The summed E-state index contributed by atoms with van der Waals surface area (Å²) in [6.45, 7) is 7.02. The quantitative estimate of drug-likeness (QED) is 0.453. The Morgan fingerprint density at radius 3 is 2.42 bits per heavy atom. The van der Waals surface area contributed by atoms with E-state index < -0.39 is 27.9 Å². The Balaban J connectivity index is 1.54. The number of amides is 1. The van der Waals surface area contributed by atoms with Crippen molar-refractivity contribution in [2.75, 3.05) is 26.2 Å². The molecule has 2 aliphatic heterocycles. The Bertz CT molecular complexity index is 1080. The number of fused-ring (bicyclic) bond motifs is 1. The number of carbonyl (C=O) groups excluding carboxylic acids is 1. The van der Waals surface area contributed by atoms with Gasteiger partial charge in [-0.25, -0.2) is 4.79 Å². The van der Waals surface area contributed by atoms with Gasteiger partial charge >= 0.3 is 11.3 Å². The van der Waals surface area contributed by atoms with Crippen LogP contribution in [0.3, 0.4) is 0 Å². The zero-order chi connectivity index (χ0) is 22.3. The topological polar surface area (TPSA) is 117 Å². The van der Waals surface area contributed by atoms with E-state index in [-0.39, 0.29) is 22.1 Å². The third-order valence-corrected chi connectivity index (χ3v) is 6.72. The number of nitro benzene ring substituents is 1. The highest BCUT2D eigenvalue weighted by molar-refractivity contribution is 5.98. The number of hydrogen-bond donors (Lipinski definition) is 1. The highest BCUT2D eigenvalue weighted by Crippen LogP contribution is 2.35. The minimum absolute atomic E-state index is 0.0442. The summed E-state index contributed by atoms with van der Waals surface area (Å²) < 4.78 is 5.28. The molecule has 166 valence electrons. The lowest BCUT2D eigenvalue weighted by Crippen LogP contribution is -2.49. The number of nitrogens with zero attached hydrogens (tertiary/aromatic N) is 3. The Kier molecular flexibility index (Phi) is 5.70. The first kappa shape index (κ1) is 21.3. The fourth-order valence-electron chi connectivity index (χ4n) is 4.69. The van der Waals surface area contributed by atoms with Crippen LogP contribution in [0.1, 0.15) is 48.5 Å². The van der Waals surface area contributed by atoms with Crippen molar-refractivity contribution in [3.63, 3.8) is 0 Å². The molecule has 1 amide bonds. The van der Waals surface area contributed by atoms with Crippen LogP contribution in [0.5, 0.6) is 5.75 Å². The first-order valence-electron chi connectivity index (χ1n) is 10.7. The van der Waals surface area contributed by atoms with Crippen molar-refractivity contribution < 1.29 is 19.2 Å². The number of rotatable bonds is 3. The molecule has 9 heteroatoms. The maximum Gasteiger partial charge on any atom is 0.349 e. The zero-order valence-corrected chi connectivity index (χ0v) is 17.8. The van der Waals surface area contributed by atoms with E-state index in [1.807, 2.05) is 0 Å². The van der Waals surface area contributed by atoms with Crippen molar-refractivity contribution in [3.05, 3.63) is 43.8 Å². The molecule has 0 atom stereocenters. The molecular formula is C22H27N3O6. The second-order valence-corrected chi connectivity index (χ2v) is 8.73. The van der Waals surface area contributed by atoms with Crippen molar-refractivity contribution in [3.8, 4) is 5.75 Å². The van der Waals surface area contributed by atoms with Gasteiger partial charge in [0, 0.05) is 36.1 Å². The molecule has 0 unspecified atom stereocenters. The Morgan fingerprint density at radius 1 is 1.16 bits per heavy atom. The van der Waals surface area contributed by atoms with Gasteiger partial charge in [-0.2, -0.15) is 0 Å². The van der Waals surface area contributed by atoms with E-state index in [0.29, 0.717) is 19.1 Å². The number of likely N-dealkylation sites (tertiary alicyclic amines) is 2. The average molecular weight is 429 g/mol. The maximum atomic E-state index is 13.0. The molecule has 2 fully saturated rings. The van der Waals surface area contributed by atoms with Crippen molar-refractivity contribution in [2.45, 2.75) is 45.6 Å². The van der Waals surface area contributed by atoms with Gasteiger partial charge in [0.2, 0.25) is 5.75 Å². The summed E-state index contributed by atoms with van der Waals surface area (Å²) >= 11 is 0. The van der Waals surface area contributed by atoms with Crippen LogP contribution in [0.2, 0.25) is 0 Å². The summed E-state index contributed by atoms with van der Waals surface area (Å²) in [7, 11) is 0. The molecule has 1 aromatic carbocycles. The van der Waals surface area contributed by atoms with Crippen molar-refractivity contribution in [2.24, 2.45) is 5.92 Å². The van der Waals surface area contributed by atoms with Gasteiger partial charge in [0.25, 0.3) is 5.91 Å². The molecule has 2 aromatic rings. The molecule has 2 saturated heterocycles. The van der Waals surface area contributed by atoms with E-state index >= 15 is 0 Å². The smallest absolute Gasteiger partial charge is 0.349 e. The van der Waals surface area contributed by atoms with Crippen LogP contribution in [0.25, 0.3) is 11.0 Å². The van der Waals surface area contributed by atoms with E-state index in [1.54, 1.807) is 4.90 Å². The Hall–Kier alpha value is -2.94. The predicted molar refractivity (Wildman–Crippen MR) is 114 cm³/mol. The van der Waals surface area contributed by atoms with Gasteiger partial charge in [-0.15, -0.1) is 0 Å². The normalized spacial score (nSPS) is 19.1. The predicted octanol–water partition coefficient (Wildman–Crippen LogP) is 3.05. The van der Waals surface area contributed by atoms with Crippen molar-refractivity contribution in [1.29, 1.82) is 0 Å². The van der Waals surface area contributed by atoms with Gasteiger partial charge in [-0.05, 0) is 57.7 Å². The van der Waals surface area contributed by atoms with Crippen LogP contribution < -0.4 is 5.63 Å². The lowest BCUT2D eigenvalue weighted by atomic mass is 9.95. The molecule has 4 rings (SSSR count). The fourth-order valence-corrected chi connectivity index (χ4v) is 4.69. The highest BCUT2D eigenvalue weighted by atomic mass is 16.6. The lowest BCUT2D eigenvalue weighted by Gasteiger charge is -2.41. The third-order valence-electron chi connectivity index (χ3n) is 6.72. The number of piperidine rings is 2. The summed E-state index contributed by atoms with van der Waals surface area (Å²) in [6, 6.07) is 2.92. The van der Waals surface area contributed by atoms with E-state index in [9.17, 15) is 24.8 Å². The maximum absolute atomic E-state index is 13.0. The second kappa shape index (κ2) is 8.30. The molecule has 0 radical (unpaired) electrons. The summed E-state index contributed by atoms with van der Waals surface area (Å²) in [6.07, 6.45) is 4.13. The number of nitro groups is 1. The van der Waals surface area contributed by atoms with Gasteiger partial charge in [-0.3, -0.25) is 14.9 Å². The molecule has 0 spiro atoms. The largest absolute Gasteiger partial charge is 0.502 e. The number of carbonyl (C=O) groups is 1. The monoisotopic (exact) mass is 429 g/mol. The van der Waals surface area contributed by atoms with Crippen LogP contribution in [0, 0.1) is 23.0 Å². The van der Waals surface area contributed by atoms with E-state index in [0.717, 1.165) is 37.9 Å². The molecule has 31 heavy (non-hydrogen) atoms. The molecule has 2 aliphatic rings. The van der Waals surface area contributed by atoms with Crippen LogP contribution in [0.15, 0.2) is 21.3 Å². The average Bonchev–Trinajstić information content (AvgIpc) is 2.76. The van der Waals surface area contributed by atoms with Crippen LogP contribution in [-0.2, 0) is 0 Å². The molecule has 1 N–H and O–H groups in total. The molecule has 3 heterocycles. The van der Waals surface area contributed by atoms with Crippen molar-refractivity contribution in [1.82, 2.24) is 9.80 Å². The summed E-state index contributed by atoms with van der Waals surface area (Å²) in [5.41, 5.74) is -1.30. The number of aryl methyl sites for hydroxylation is 1.